The van der Waals surface area contributed by atoms with Gasteiger partial charge >= 0.3 is 11.6 Å². The number of carbonyl (C=O) groups is 1. The van der Waals surface area contributed by atoms with Crippen LogP contribution in [0.15, 0.2) is 62.6 Å². The van der Waals surface area contributed by atoms with E-state index < -0.39 is 27.5 Å². The highest BCUT2D eigenvalue weighted by Gasteiger charge is 2.33. The van der Waals surface area contributed by atoms with Gasteiger partial charge in [0.25, 0.3) is 0 Å². The van der Waals surface area contributed by atoms with Crippen LogP contribution in [-0.4, -0.2) is 38.4 Å². The minimum absolute atomic E-state index is 0.0469. The Labute approximate surface area is 198 Å². The van der Waals surface area contributed by atoms with E-state index in [1.807, 2.05) is 26.0 Å². The van der Waals surface area contributed by atoms with Crippen LogP contribution in [0.3, 0.4) is 0 Å². The van der Waals surface area contributed by atoms with Crippen molar-refractivity contribution in [3.8, 4) is 5.75 Å². The second-order valence-electron chi connectivity index (χ2n) is 8.28. The van der Waals surface area contributed by atoms with Gasteiger partial charge < -0.3 is 13.9 Å². The van der Waals surface area contributed by atoms with Gasteiger partial charge in [0.1, 0.15) is 17.9 Å². The number of benzene rings is 2. The van der Waals surface area contributed by atoms with E-state index in [1.54, 1.807) is 18.2 Å². The molecular weight excluding hydrogens is 458 g/mol. The van der Waals surface area contributed by atoms with E-state index in [0.717, 1.165) is 5.56 Å². The van der Waals surface area contributed by atoms with Gasteiger partial charge in [0.2, 0.25) is 10.0 Å². The highest BCUT2D eigenvalue weighted by atomic mass is 32.2. The monoisotopic (exact) mass is 485 g/mol. The summed E-state index contributed by atoms with van der Waals surface area (Å²) in [6.07, 6.45) is 0.734. The molecule has 2 heterocycles. The van der Waals surface area contributed by atoms with E-state index in [4.69, 9.17) is 13.9 Å². The van der Waals surface area contributed by atoms with Gasteiger partial charge in [-0.15, -0.1) is 0 Å². The van der Waals surface area contributed by atoms with E-state index in [-0.39, 0.29) is 24.6 Å². The Morgan fingerprint density at radius 2 is 1.79 bits per heavy atom. The summed E-state index contributed by atoms with van der Waals surface area (Å²) in [4.78, 5) is 24.7. The van der Waals surface area contributed by atoms with Crippen molar-refractivity contribution in [2.45, 2.75) is 38.2 Å². The quantitative estimate of drug-likeness (QED) is 0.372. The molecule has 34 heavy (non-hydrogen) atoms. The normalized spacial score (nSPS) is 15.4. The smallest absolute Gasteiger partial charge is 0.336 e. The van der Waals surface area contributed by atoms with Crippen molar-refractivity contribution in [2.75, 3.05) is 19.7 Å². The lowest BCUT2D eigenvalue weighted by atomic mass is 9.98. The van der Waals surface area contributed by atoms with Gasteiger partial charge in [0, 0.05) is 30.1 Å². The van der Waals surface area contributed by atoms with Gasteiger partial charge in [0.15, 0.2) is 0 Å². The first-order chi connectivity index (χ1) is 16.3. The van der Waals surface area contributed by atoms with E-state index >= 15 is 0 Å². The van der Waals surface area contributed by atoms with Crippen LogP contribution in [-0.2, 0) is 26.2 Å². The molecule has 0 amide bonds. The summed E-state index contributed by atoms with van der Waals surface area (Å²) in [6, 6.07) is 13.2. The number of carbonyl (C=O) groups excluding carboxylic acids is 1. The Kier molecular flexibility index (Phi) is 7.04. The summed E-state index contributed by atoms with van der Waals surface area (Å²) >= 11 is 0. The number of piperidine rings is 1. The fraction of sp³-hybridized carbons (Fsp3) is 0.360. The number of esters is 1. The molecule has 9 heteroatoms. The molecule has 1 fully saturated rings. The maximum absolute atomic E-state index is 13.0. The Bertz CT molecular complexity index is 1340. The largest absolute Gasteiger partial charge is 0.494 e. The molecule has 0 spiro atoms. The zero-order chi connectivity index (χ0) is 24.3. The minimum atomic E-state index is -3.65. The molecule has 0 N–H and O–H groups in total. The molecule has 0 unspecified atom stereocenters. The summed E-state index contributed by atoms with van der Waals surface area (Å²) in [5, 5.41) is 0.717. The lowest BCUT2D eigenvalue weighted by Crippen LogP contribution is -2.40. The van der Waals surface area contributed by atoms with Crippen molar-refractivity contribution in [3.05, 3.63) is 70.1 Å². The molecule has 4 rings (SSSR count). The SMILES string of the molecule is CCOc1ccc(S(=O)(=O)N2CCC(C(=O)OCc3cc(=O)oc4cc(C)ccc34)CC2)cc1. The Balaban J connectivity index is 1.37. The second kappa shape index (κ2) is 9.99. The molecule has 1 aromatic heterocycles. The summed E-state index contributed by atoms with van der Waals surface area (Å²) < 4.78 is 43.4. The predicted molar refractivity (Wildman–Crippen MR) is 126 cm³/mol. The maximum Gasteiger partial charge on any atom is 0.336 e. The minimum Gasteiger partial charge on any atom is -0.494 e. The standard InChI is InChI=1S/C25H27NO7S/c1-3-31-20-5-7-21(8-6-20)34(29,30)26-12-10-18(11-13-26)25(28)32-16-19-15-24(27)33-23-14-17(2)4-9-22(19)23/h4-9,14-15,18H,3,10-13,16H2,1-2H3. The summed E-state index contributed by atoms with van der Waals surface area (Å²) in [6.45, 7) is 4.67. The maximum atomic E-state index is 13.0. The molecule has 8 nitrogen and oxygen atoms in total. The molecule has 0 bridgehead atoms. The van der Waals surface area contributed by atoms with Gasteiger partial charge in [-0.3, -0.25) is 4.79 Å². The van der Waals surface area contributed by atoms with Crippen LogP contribution in [0.2, 0.25) is 0 Å². The first kappa shape index (κ1) is 24.0. The molecule has 1 saturated heterocycles. The number of aryl methyl sites for hydroxylation is 1. The molecule has 0 radical (unpaired) electrons. The van der Waals surface area contributed by atoms with Crippen molar-refractivity contribution < 1.29 is 27.1 Å². The van der Waals surface area contributed by atoms with Crippen molar-refractivity contribution in [3.63, 3.8) is 0 Å². The van der Waals surface area contributed by atoms with E-state index in [1.165, 1.54) is 22.5 Å². The van der Waals surface area contributed by atoms with E-state index in [0.29, 0.717) is 41.7 Å². The number of rotatable bonds is 7. The number of ether oxygens (including phenoxy) is 2. The Morgan fingerprint density at radius 1 is 1.09 bits per heavy atom. The highest BCUT2D eigenvalue weighted by molar-refractivity contribution is 7.89. The van der Waals surface area contributed by atoms with Crippen LogP contribution in [0, 0.1) is 12.8 Å². The molecule has 0 atom stereocenters. The number of nitrogens with zero attached hydrogens (tertiary/aromatic N) is 1. The summed E-state index contributed by atoms with van der Waals surface area (Å²) in [5.41, 5.74) is 1.48. The third-order valence-corrected chi connectivity index (χ3v) is 7.83. The summed E-state index contributed by atoms with van der Waals surface area (Å²) in [7, 11) is -3.65. The fourth-order valence-electron chi connectivity index (χ4n) is 4.08. The zero-order valence-corrected chi connectivity index (χ0v) is 20.0. The van der Waals surface area contributed by atoms with Crippen LogP contribution < -0.4 is 10.4 Å². The topological polar surface area (TPSA) is 103 Å². The first-order valence-corrected chi connectivity index (χ1v) is 12.6. The highest BCUT2D eigenvalue weighted by Crippen LogP contribution is 2.26. The van der Waals surface area contributed by atoms with Crippen molar-refractivity contribution in [1.82, 2.24) is 4.31 Å². The lowest BCUT2D eigenvalue weighted by Gasteiger charge is -2.30. The molecule has 0 saturated carbocycles. The van der Waals surface area contributed by atoms with Gasteiger partial charge in [-0.1, -0.05) is 12.1 Å². The average Bonchev–Trinajstić information content (AvgIpc) is 2.82. The molecule has 3 aromatic rings. The van der Waals surface area contributed by atoms with Crippen LogP contribution in [0.5, 0.6) is 5.75 Å². The Hall–Kier alpha value is -3.17. The number of hydrogen-bond donors (Lipinski definition) is 0. The predicted octanol–water partition coefficient (Wildman–Crippen LogP) is 3.64. The van der Waals surface area contributed by atoms with Crippen molar-refractivity contribution in [2.24, 2.45) is 5.92 Å². The third kappa shape index (κ3) is 5.15. The second-order valence-corrected chi connectivity index (χ2v) is 10.2. The van der Waals surface area contributed by atoms with Gasteiger partial charge in [0.05, 0.1) is 17.4 Å². The zero-order valence-electron chi connectivity index (χ0n) is 19.2. The number of sulfonamides is 1. The molecule has 180 valence electrons. The van der Waals surface area contributed by atoms with Crippen LogP contribution in [0.4, 0.5) is 0 Å². The van der Waals surface area contributed by atoms with Crippen molar-refractivity contribution >= 4 is 27.0 Å². The molecule has 2 aromatic carbocycles. The van der Waals surface area contributed by atoms with Gasteiger partial charge in [-0.05, 0) is 62.6 Å². The molecule has 1 aliphatic rings. The summed E-state index contributed by atoms with van der Waals surface area (Å²) in [5.74, 6) is -0.186. The van der Waals surface area contributed by atoms with Crippen LogP contribution in [0.25, 0.3) is 11.0 Å². The average molecular weight is 486 g/mol. The molecule has 1 aliphatic heterocycles. The van der Waals surface area contributed by atoms with Crippen LogP contribution >= 0.6 is 0 Å². The van der Waals surface area contributed by atoms with Crippen LogP contribution in [0.1, 0.15) is 30.9 Å². The van der Waals surface area contributed by atoms with Gasteiger partial charge in [-0.25, -0.2) is 13.2 Å². The number of fused-ring (bicyclic) bond motifs is 1. The number of hydrogen-bond acceptors (Lipinski definition) is 7. The first-order valence-electron chi connectivity index (χ1n) is 11.2. The van der Waals surface area contributed by atoms with Gasteiger partial charge in [-0.2, -0.15) is 4.31 Å². The Morgan fingerprint density at radius 3 is 2.47 bits per heavy atom. The molecule has 0 aliphatic carbocycles. The van der Waals surface area contributed by atoms with E-state index in [2.05, 4.69) is 0 Å². The third-order valence-electron chi connectivity index (χ3n) is 5.92. The lowest BCUT2D eigenvalue weighted by molar-refractivity contribution is -0.151. The molecular formula is C25H27NO7S. The van der Waals surface area contributed by atoms with Crippen molar-refractivity contribution in [1.29, 1.82) is 0 Å². The fourth-order valence-corrected chi connectivity index (χ4v) is 5.55. The van der Waals surface area contributed by atoms with E-state index in [9.17, 15) is 18.0 Å².